The number of nitrogens with zero attached hydrogens (tertiary/aromatic N) is 1. The number of hydrogen-bond donors (Lipinski definition) is 2. The van der Waals surface area contributed by atoms with Gasteiger partial charge >= 0.3 is 0 Å². The average molecular weight is 341 g/mol. The second-order valence-electron chi connectivity index (χ2n) is 4.43. The van der Waals surface area contributed by atoms with Gasteiger partial charge in [0.25, 0.3) is 5.91 Å². The molecule has 2 aromatic carbocycles. The summed E-state index contributed by atoms with van der Waals surface area (Å²) >= 11 is 11.7. The number of rotatable bonds is 3. The molecule has 7 heteroatoms. The Bertz CT molecular complexity index is 746. The second kappa shape index (κ2) is 6.77. The van der Waals surface area contributed by atoms with Gasteiger partial charge in [0.1, 0.15) is 11.6 Å². The minimum absolute atomic E-state index is 0.0851. The monoisotopic (exact) mass is 340 g/mol. The SMILES string of the molecule is CC(=NNC(=O)c1ccc(F)cc1)c1cc(Cl)cc(Cl)c1O. The highest BCUT2D eigenvalue weighted by Crippen LogP contribution is 2.31. The Kier molecular flexibility index (Phi) is 5.00. The molecule has 0 saturated carbocycles. The Labute approximate surface area is 136 Å². The number of hydrogen-bond acceptors (Lipinski definition) is 3. The third-order valence-corrected chi connectivity index (χ3v) is 3.36. The van der Waals surface area contributed by atoms with Crippen molar-refractivity contribution in [3.63, 3.8) is 0 Å². The van der Waals surface area contributed by atoms with Crippen LogP contribution >= 0.6 is 23.2 Å². The Hall–Kier alpha value is -2.11. The molecular formula is C15H11Cl2FN2O2. The Morgan fingerprint density at radius 3 is 2.50 bits per heavy atom. The number of amides is 1. The van der Waals surface area contributed by atoms with E-state index < -0.39 is 11.7 Å². The van der Waals surface area contributed by atoms with Gasteiger partial charge in [-0.15, -0.1) is 0 Å². The smallest absolute Gasteiger partial charge is 0.271 e. The lowest BCUT2D eigenvalue weighted by Crippen LogP contribution is -2.19. The molecule has 0 aromatic heterocycles. The van der Waals surface area contributed by atoms with Crippen molar-refractivity contribution in [1.29, 1.82) is 0 Å². The van der Waals surface area contributed by atoms with Gasteiger partial charge in [0.05, 0.1) is 10.7 Å². The Morgan fingerprint density at radius 1 is 1.23 bits per heavy atom. The number of benzene rings is 2. The summed E-state index contributed by atoms with van der Waals surface area (Å²) in [5, 5.41) is 14.2. The first-order chi connectivity index (χ1) is 10.4. The normalized spacial score (nSPS) is 11.4. The van der Waals surface area contributed by atoms with Crippen LogP contribution in [0.2, 0.25) is 10.0 Å². The van der Waals surface area contributed by atoms with Gasteiger partial charge in [-0.25, -0.2) is 9.82 Å². The van der Waals surface area contributed by atoms with E-state index in [0.29, 0.717) is 16.3 Å². The molecule has 0 radical (unpaired) electrons. The zero-order chi connectivity index (χ0) is 16.3. The summed E-state index contributed by atoms with van der Waals surface area (Å²) in [7, 11) is 0. The van der Waals surface area contributed by atoms with Crippen LogP contribution in [-0.2, 0) is 0 Å². The van der Waals surface area contributed by atoms with Crippen LogP contribution in [0.15, 0.2) is 41.5 Å². The molecule has 2 N–H and O–H groups in total. The van der Waals surface area contributed by atoms with Crippen molar-refractivity contribution in [2.45, 2.75) is 6.92 Å². The van der Waals surface area contributed by atoms with Crippen molar-refractivity contribution in [2.24, 2.45) is 5.10 Å². The zero-order valence-electron chi connectivity index (χ0n) is 11.4. The lowest BCUT2D eigenvalue weighted by Gasteiger charge is -2.07. The molecule has 2 aromatic rings. The van der Waals surface area contributed by atoms with Crippen molar-refractivity contribution < 1.29 is 14.3 Å². The van der Waals surface area contributed by atoms with Crippen LogP contribution in [0, 0.1) is 5.82 Å². The van der Waals surface area contributed by atoms with Crippen molar-refractivity contribution >= 4 is 34.8 Å². The number of phenols is 1. The Balaban J connectivity index is 2.19. The molecule has 0 aliphatic heterocycles. The largest absolute Gasteiger partial charge is 0.506 e. The van der Waals surface area contributed by atoms with Gasteiger partial charge in [-0.1, -0.05) is 23.2 Å². The van der Waals surface area contributed by atoms with E-state index in [9.17, 15) is 14.3 Å². The number of nitrogens with one attached hydrogen (secondary N) is 1. The first-order valence-electron chi connectivity index (χ1n) is 6.17. The molecule has 0 aliphatic rings. The van der Waals surface area contributed by atoms with Crippen molar-refractivity contribution in [3.05, 3.63) is 63.4 Å². The molecule has 0 spiro atoms. The van der Waals surface area contributed by atoms with Crippen LogP contribution in [0.1, 0.15) is 22.8 Å². The molecule has 22 heavy (non-hydrogen) atoms. The molecule has 0 saturated heterocycles. The van der Waals surface area contributed by atoms with Crippen LogP contribution in [0.25, 0.3) is 0 Å². The number of aromatic hydroxyl groups is 1. The fraction of sp³-hybridized carbons (Fsp3) is 0.0667. The summed E-state index contributed by atoms with van der Waals surface area (Å²) in [5.41, 5.74) is 3.19. The molecule has 0 atom stereocenters. The molecule has 114 valence electrons. The minimum Gasteiger partial charge on any atom is -0.506 e. The van der Waals surface area contributed by atoms with E-state index in [0.717, 1.165) is 0 Å². The fourth-order valence-electron chi connectivity index (χ4n) is 1.70. The first-order valence-corrected chi connectivity index (χ1v) is 6.92. The van der Waals surface area contributed by atoms with Gasteiger partial charge in [0.2, 0.25) is 0 Å². The van der Waals surface area contributed by atoms with Gasteiger partial charge in [-0.3, -0.25) is 4.79 Å². The highest BCUT2D eigenvalue weighted by atomic mass is 35.5. The van der Waals surface area contributed by atoms with Gasteiger partial charge in [0.15, 0.2) is 0 Å². The highest BCUT2D eigenvalue weighted by Gasteiger charge is 2.11. The topological polar surface area (TPSA) is 61.7 Å². The van der Waals surface area contributed by atoms with Crippen molar-refractivity contribution in [2.75, 3.05) is 0 Å². The molecular weight excluding hydrogens is 330 g/mol. The van der Waals surface area contributed by atoms with E-state index in [1.54, 1.807) is 6.92 Å². The number of carbonyl (C=O) groups is 1. The van der Waals surface area contributed by atoms with Crippen molar-refractivity contribution in [1.82, 2.24) is 5.43 Å². The predicted octanol–water partition coefficient (Wildman–Crippen LogP) is 3.99. The average Bonchev–Trinajstić information content (AvgIpc) is 2.48. The fourth-order valence-corrected chi connectivity index (χ4v) is 2.20. The highest BCUT2D eigenvalue weighted by molar-refractivity contribution is 6.36. The predicted molar refractivity (Wildman–Crippen MR) is 84.2 cm³/mol. The van der Waals surface area contributed by atoms with E-state index in [1.165, 1.54) is 36.4 Å². The summed E-state index contributed by atoms with van der Waals surface area (Å²) in [4.78, 5) is 11.9. The molecule has 1 amide bonds. The maximum Gasteiger partial charge on any atom is 0.271 e. The van der Waals surface area contributed by atoms with Gasteiger partial charge in [-0.2, -0.15) is 5.10 Å². The van der Waals surface area contributed by atoms with E-state index in [4.69, 9.17) is 23.2 Å². The summed E-state index contributed by atoms with van der Waals surface area (Å²) in [6.07, 6.45) is 0. The maximum atomic E-state index is 12.8. The lowest BCUT2D eigenvalue weighted by molar-refractivity contribution is 0.0955. The standard InChI is InChI=1S/C15H11Cl2FN2O2/c1-8(12-6-10(16)7-13(17)14(12)21)19-20-15(22)9-2-4-11(18)5-3-9/h2-7,21H,1H3,(H,20,22). The number of halogens is 3. The number of phenolic OH excluding ortho intramolecular Hbond substituents is 1. The second-order valence-corrected chi connectivity index (χ2v) is 5.27. The first kappa shape index (κ1) is 16.3. The van der Waals surface area contributed by atoms with E-state index in [2.05, 4.69) is 10.5 Å². The molecule has 4 nitrogen and oxygen atoms in total. The van der Waals surface area contributed by atoms with Gasteiger partial charge in [-0.05, 0) is 43.3 Å². The van der Waals surface area contributed by atoms with E-state index in [1.807, 2.05) is 0 Å². The van der Waals surface area contributed by atoms with Gasteiger partial charge in [0, 0.05) is 16.1 Å². The summed E-state index contributed by atoms with van der Waals surface area (Å²) in [6, 6.07) is 7.90. The third kappa shape index (κ3) is 3.75. The van der Waals surface area contributed by atoms with Gasteiger partial charge < -0.3 is 5.11 Å². The zero-order valence-corrected chi connectivity index (χ0v) is 12.9. The van der Waals surface area contributed by atoms with E-state index >= 15 is 0 Å². The third-order valence-electron chi connectivity index (χ3n) is 2.85. The van der Waals surface area contributed by atoms with Crippen LogP contribution < -0.4 is 5.43 Å². The molecule has 0 bridgehead atoms. The molecule has 0 fully saturated rings. The summed E-state index contributed by atoms with van der Waals surface area (Å²) in [5.74, 6) is -1.12. The maximum absolute atomic E-state index is 12.8. The Morgan fingerprint density at radius 2 is 1.86 bits per heavy atom. The van der Waals surface area contributed by atoms with E-state index in [-0.39, 0.29) is 16.3 Å². The molecule has 0 heterocycles. The molecule has 2 rings (SSSR count). The molecule has 0 aliphatic carbocycles. The number of hydrazone groups is 1. The van der Waals surface area contributed by atoms with Crippen molar-refractivity contribution in [3.8, 4) is 5.75 Å². The molecule has 0 unspecified atom stereocenters. The van der Waals surface area contributed by atoms with Crippen LogP contribution in [0.5, 0.6) is 5.75 Å². The summed E-state index contributed by atoms with van der Waals surface area (Å²) < 4.78 is 12.8. The lowest BCUT2D eigenvalue weighted by atomic mass is 10.1. The quantitative estimate of drug-likeness (QED) is 0.655. The van der Waals surface area contributed by atoms with Crippen LogP contribution in [0.3, 0.4) is 0 Å². The minimum atomic E-state index is -0.507. The summed E-state index contributed by atoms with van der Waals surface area (Å²) in [6.45, 7) is 1.58. The van der Waals surface area contributed by atoms with Crippen LogP contribution in [0.4, 0.5) is 4.39 Å². The van der Waals surface area contributed by atoms with Crippen LogP contribution in [-0.4, -0.2) is 16.7 Å². The number of carbonyl (C=O) groups excluding carboxylic acids is 1.